The van der Waals surface area contributed by atoms with Crippen molar-refractivity contribution in [2.75, 3.05) is 41.0 Å². The summed E-state index contributed by atoms with van der Waals surface area (Å²) in [6.07, 6.45) is 1.01. The molecule has 0 aliphatic heterocycles. The van der Waals surface area contributed by atoms with Crippen LogP contribution >= 0.6 is 11.6 Å². The van der Waals surface area contributed by atoms with E-state index in [0.717, 1.165) is 25.3 Å². The maximum Gasteiger partial charge on any atom is 0.118 e. The van der Waals surface area contributed by atoms with Crippen LogP contribution in [0.4, 0.5) is 0 Å². The Labute approximate surface area is 115 Å². The van der Waals surface area contributed by atoms with E-state index >= 15 is 0 Å². The topological polar surface area (TPSA) is 21.7 Å². The molecule has 1 aromatic rings. The van der Waals surface area contributed by atoms with Gasteiger partial charge in [0.05, 0.1) is 19.1 Å². The second-order valence-electron chi connectivity index (χ2n) is 4.41. The first-order valence-electron chi connectivity index (χ1n) is 6.10. The van der Waals surface area contributed by atoms with Crippen LogP contribution in [-0.2, 0) is 11.2 Å². The van der Waals surface area contributed by atoms with Crippen LogP contribution in [0.1, 0.15) is 5.56 Å². The Kier molecular flexibility index (Phi) is 7.09. The summed E-state index contributed by atoms with van der Waals surface area (Å²) in [5, 5.41) is 0.0517. The maximum atomic E-state index is 6.11. The van der Waals surface area contributed by atoms with Gasteiger partial charge in [-0.3, -0.25) is 0 Å². The molecule has 0 amide bonds. The van der Waals surface area contributed by atoms with Gasteiger partial charge in [-0.15, -0.1) is 11.6 Å². The van der Waals surface area contributed by atoms with Gasteiger partial charge in [0.25, 0.3) is 0 Å². The summed E-state index contributed by atoms with van der Waals surface area (Å²) in [6.45, 7) is 2.42. The second kappa shape index (κ2) is 8.35. The molecular weight excluding hydrogens is 250 g/mol. The van der Waals surface area contributed by atoms with Gasteiger partial charge in [0.1, 0.15) is 5.75 Å². The molecule has 0 spiro atoms. The van der Waals surface area contributed by atoms with Gasteiger partial charge in [0, 0.05) is 20.2 Å². The predicted molar refractivity (Wildman–Crippen MR) is 75.7 cm³/mol. The first kappa shape index (κ1) is 15.3. The molecule has 102 valence electrons. The molecule has 0 radical (unpaired) electrons. The van der Waals surface area contributed by atoms with Gasteiger partial charge in [-0.2, -0.15) is 0 Å². The number of nitrogens with zero attached hydrogens (tertiary/aromatic N) is 1. The highest BCUT2D eigenvalue weighted by atomic mass is 35.5. The van der Waals surface area contributed by atoms with Crippen molar-refractivity contribution in [2.45, 2.75) is 11.8 Å². The van der Waals surface area contributed by atoms with Crippen LogP contribution in [0.3, 0.4) is 0 Å². The normalized spacial score (nSPS) is 12.7. The van der Waals surface area contributed by atoms with Crippen molar-refractivity contribution in [3.05, 3.63) is 29.8 Å². The van der Waals surface area contributed by atoms with E-state index < -0.39 is 0 Å². The molecule has 1 aromatic carbocycles. The lowest BCUT2D eigenvalue weighted by Crippen LogP contribution is -2.30. The first-order valence-corrected chi connectivity index (χ1v) is 6.54. The molecule has 1 atom stereocenters. The van der Waals surface area contributed by atoms with Gasteiger partial charge in [-0.05, 0) is 31.2 Å². The van der Waals surface area contributed by atoms with Crippen molar-refractivity contribution in [3.8, 4) is 5.75 Å². The number of hydrogen-bond donors (Lipinski definition) is 0. The van der Waals surface area contributed by atoms with Crippen LogP contribution in [0.25, 0.3) is 0 Å². The minimum absolute atomic E-state index is 0.0517. The van der Waals surface area contributed by atoms with Crippen LogP contribution in [0.15, 0.2) is 24.3 Å². The number of methoxy groups -OCH3 is 2. The fourth-order valence-electron chi connectivity index (χ4n) is 1.78. The lowest BCUT2D eigenvalue weighted by atomic mass is 10.1. The molecule has 0 heterocycles. The van der Waals surface area contributed by atoms with Gasteiger partial charge in [-0.25, -0.2) is 0 Å². The van der Waals surface area contributed by atoms with Crippen molar-refractivity contribution in [3.63, 3.8) is 0 Å². The van der Waals surface area contributed by atoms with E-state index in [1.807, 2.05) is 12.1 Å². The third-order valence-corrected chi connectivity index (χ3v) is 3.06. The zero-order chi connectivity index (χ0) is 13.4. The summed E-state index contributed by atoms with van der Waals surface area (Å²) in [5.74, 6) is 0.896. The van der Waals surface area contributed by atoms with Crippen LogP contribution in [-0.4, -0.2) is 51.2 Å². The molecule has 0 saturated carbocycles. The monoisotopic (exact) mass is 271 g/mol. The molecule has 1 unspecified atom stereocenters. The van der Waals surface area contributed by atoms with Crippen molar-refractivity contribution < 1.29 is 9.47 Å². The van der Waals surface area contributed by atoms with Crippen LogP contribution < -0.4 is 4.74 Å². The van der Waals surface area contributed by atoms with E-state index in [4.69, 9.17) is 21.1 Å². The number of benzene rings is 1. The molecule has 3 nitrogen and oxygen atoms in total. The summed E-state index contributed by atoms with van der Waals surface area (Å²) in [4.78, 5) is 2.22. The molecule has 0 N–H and O–H groups in total. The zero-order valence-electron chi connectivity index (χ0n) is 11.4. The average Bonchev–Trinajstić information content (AvgIpc) is 2.37. The van der Waals surface area contributed by atoms with Crippen molar-refractivity contribution in [1.82, 2.24) is 4.90 Å². The lowest BCUT2D eigenvalue weighted by molar-refractivity contribution is 0.183. The van der Waals surface area contributed by atoms with Crippen LogP contribution in [0.5, 0.6) is 5.75 Å². The summed E-state index contributed by atoms with van der Waals surface area (Å²) >= 11 is 6.11. The summed E-state index contributed by atoms with van der Waals surface area (Å²) in [6, 6.07) is 8.18. The summed E-state index contributed by atoms with van der Waals surface area (Å²) in [5.41, 5.74) is 1.31. The third-order valence-electron chi connectivity index (χ3n) is 2.80. The van der Waals surface area contributed by atoms with Crippen molar-refractivity contribution >= 4 is 11.6 Å². The smallest absolute Gasteiger partial charge is 0.118 e. The van der Waals surface area contributed by atoms with Gasteiger partial charge in [0.15, 0.2) is 0 Å². The highest BCUT2D eigenvalue weighted by molar-refractivity contribution is 6.20. The summed E-state index contributed by atoms with van der Waals surface area (Å²) < 4.78 is 10.2. The Morgan fingerprint density at radius 1 is 1.22 bits per heavy atom. The maximum absolute atomic E-state index is 6.11. The summed E-state index contributed by atoms with van der Waals surface area (Å²) in [7, 11) is 5.43. The highest BCUT2D eigenvalue weighted by Crippen LogP contribution is 2.12. The molecule has 1 rings (SSSR count). The van der Waals surface area contributed by atoms with Crippen molar-refractivity contribution in [2.24, 2.45) is 0 Å². The number of likely N-dealkylation sites (N-methyl/N-ethyl adjacent to an activating group) is 1. The Bertz CT molecular complexity index is 329. The number of halogens is 1. The minimum Gasteiger partial charge on any atom is -0.497 e. The van der Waals surface area contributed by atoms with E-state index in [2.05, 4.69) is 24.1 Å². The Balaban J connectivity index is 2.30. The number of rotatable bonds is 8. The van der Waals surface area contributed by atoms with Crippen LogP contribution in [0, 0.1) is 0 Å². The third kappa shape index (κ3) is 5.71. The standard InChI is InChI=1S/C14H22ClNO2/c1-16(10-13(15)11-17-2)9-8-12-4-6-14(18-3)7-5-12/h4-7,13H,8-11H2,1-3H3. The molecule has 0 bridgehead atoms. The van der Waals surface area contributed by atoms with E-state index in [1.165, 1.54) is 5.56 Å². The van der Waals surface area contributed by atoms with E-state index in [-0.39, 0.29) is 5.38 Å². The molecular formula is C14H22ClNO2. The molecule has 0 saturated heterocycles. The minimum atomic E-state index is 0.0517. The number of alkyl halides is 1. The van der Waals surface area contributed by atoms with E-state index in [9.17, 15) is 0 Å². The second-order valence-corrected chi connectivity index (χ2v) is 5.03. The Morgan fingerprint density at radius 2 is 1.89 bits per heavy atom. The van der Waals surface area contributed by atoms with Gasteiger partial charge in [0.2, 0.25) is 0 Å². The predicted octanol–water partition coefficient (Wildman–Crippen LogP) is 2.42. The number of ether oxygens (including phenoxy) is 2. The molecule has 0 aromatic heterocycles. The fraction of sp³-hybridized carbons (Fsp3) is 0.571. The lowest BCUT2D eigenvalue weighted by Gasteiger charge is -2.19. The molecule has 0 aliphatic rings. The van der Waals surface area contributed by atoms with Gasteiger partial charge < -0.3 is 14.4 Å². The van der Waals surface area contributed by atoms with Gasteiger partial charge in [-0.1, -0.05) is 12.1 Å². The Hall–Kier alpha value is -0.770. The SMILES string of the molecule is COCC(Cl)CN(C)CCc1ccc(OC)cc1. The molecule has 18 heavy (non-hydrogen) atoms. The zero-order valence-corrected chi connectivity index (χ0v) is 12.1. The van der Waals surface area contributed by atoms with Gasteiger partial charge >= 0.3 is 0 Å². The quantitative estimate of drug-likeness (QED) is 0.678. The first-order chi connectivity index (χ1) is 8.65. The Morgan fingerprint density at radius 3 is 2.44 bits per heavy atom. The van der Waals surface area contributed by atoms with E-state index in [0.29, 0.717) is 6.61 Å². The molecule has 0 aliphatic carbocycles. The van der Waals surface area contributed by atoms with E-state index in [1.54, 1.807) is 14.2 Å². The average molecular weight is 272 g/mol. The fourth-order valence-corrected chi connectivity index (χ4v) is 2.14. The molecule has 4 heteroatoms. The largest absolute Gasteiger partial charge is 0.497 e. The molecule has 0 fully saturated rings. The number of hydrogen-bond acceptors (Lipinski definition) is 3. The van der Waals surface area contributed by atoms with Crippen LogP contribution in [0.2, 0.25) is 0 Å². The highest BCUT2D eigenvalue weighted by Gasteiger charge is 2.08. The van der Waals surface area contributed by atoms with Crippen molar-refractivity contribution in [1.29, 1.82) is 0 Å².